The van der Waals surface area contributed by atoms with E-state index in [1.807, 2.05) is 0 Å². The van der Waals surface area contributed by atoms with Crippen molar-refractivity contribution in [2.24, 2.45) is 11.8 Å². The molecule has 4 nitrogen and oxygen atoms in total. The predicted molar refractivity (Wildman–Crippen MR) is 43.5 cm³/mol. The second-order valence-electron chi connectivity index (χ2n) is 2.86. The standard InChI is InChI=1S/C7H14N4/c1-5(2)6(11-8)7-9-3-4-10-7/h3-6,11H,8H2,1-2H3,(H,9,10). The van der Waals surface area contributed by atoms with Gasteiger partial charge in [-0.2, -0.15) is 0 Å². The van der Waals surface area contributed by atoms with Crippen molar-refractivity contribution in [3.63, 3.8) is 0 Å². The highest BCUT2D eigenvalue weighted by Gasteiger charge is 2.15. The average Bonchev–Trinajstić information content (AvgIpc) is 2.40. The maximum absolute atomic E-state index is 5.35. The third kappa shape index (κ3) is 1.78. The van der Waals surface area contributed by atoms with E-state index < -0.39 is 0 Å². The molecule has 11 heavy (non-hydrogen) atoms. The normalized spacial score (nSPS) is 13.8. The Morgan fingerprint density at radius 1 is 1.64 bits per heavy atom. The van der Waals surface area contributed by atoms with Crippen LogP contribution in [0.25, 0.3) is 0 Å². The van der Waals surface area contributed by atoms with Gasteiger partial charge in [-0.1, -0.05) is 13.8 Å². The molecule has 0 amide bonds. The molecule has 0 aliphatic heterocycles. The van der Waals surface area contributed by atoms with Crippen LogP contribution in [0.2, 0.25) is 0 Å². The van der Waals surface area contributed by atoms with Crippen LogP contribution in [-0.4, -0.2) is 9.97 Å². The van der Waals surface area contributed by atoms with Gasteiger partial charge in [0, 0.05) is 12.4 Å². The molecule has 1 unspecified atom stereocenters. The summed E-state index contributed by atoms with van der Waals surface area (Å²) >= 11 is 0. The van der Waals surface area contributed by atoms with Crippen LogP contribution in [0.3, 0.4) is 0 Å². The summed E-state index contributed by atoms with van der Waals surface area (Å²) in [6.45, 7) is 4.18. The zero-order chi connectivity index (χ0) is 8.27. The van der Waals surface area contributed by atoms with Gasteiger partial charge in [-0.15, -0.1) is 0 Å². The molecule has 1 heterocycles. The lowest BCUT2D eigenvalue weighted by Crippen LogP contribution is -2.32. The van der Waals surface area contributed by atoms with Crippen molar-refractivity contribution in [2.45, 2.75) is 19.9 Å². The zero-order valence-corrected chi connectivity index (χ0v) is 6.83. The summed E-state index contributed by atoms with van der Waals surface area (Å²) in [5.74, 6) is 6.68. The number of imidazole rings is 1. The van der Waals surface area contributed by atoms with E-state index in [0.717, 1.165) is 5.82 Å². The predicted octanol–water partition coefficient (Wildman–Crippen LogP) is 0.570. The lowest BCUT2D eigenvalue weighted by molar-refractivity contribution is 0.405. The van der Waals surface area contributed by atoms with Crippen molar-refractivity contribution in [3.8, 4) is 0 Å². The molecule has 0 bridgehead atoms. The molecule has 4 N–H and O–H groups in total. The molecule has 0 aliphatic carbocycles. The SMILES string of the molecule is CC(C)C(NN)c1ncc[nH]1. The van der Waals surface area contributed by atoms with Gasteiger partial charge in [0.05, 0.1) is 6.04 Å². The highest BCUT2D eigenvalue weighted by molar-refractivity contribution is 4.95. The summed E-state index contributed by atoms with van der Waals surface area (Å²) in [5.41, 5.74) is 2.71. The molecule has 4 heteroatoms. The van der Waals surface area contributed by atoms with Gasteiger partial charge in [-0.3, -0.25) is 5.84 Å². The molecule has 0 spiro atoms. The van der Waals surface area contributed by atoms with Crippen molar-refractivity contribution >= 4 is 0 Å². The van der Waals surface area contributed by atoms with Gasteiger partial charge in [-0.05, 0) is 5.92 Å². The van der Waals surface area contributed by atoms with Gasteiger partial charge >= 0.3 is 0 Å². The van der Waals surface area contributed by atoms with E-state index >= 15 is 0 Å². The monoisotopic (exact) mass is 154 g/mol. The summed E-state index contributed by atoms with van der Waals surface area (Å²) in [6.07, 6.45) is 3.52. The molecule has 0 aromatic carbocycles. The fourth-order valence-corrected chi connectivity index (χ4v) is 1.03. The lowest BCUT2D eigenvalue weighted by atomic mass is 10.1. The summed E-state index contributed by atoms with van der Waals surface area (Å²) in [7, 11) is 0. The summed E-state index contributed by atoms with van der Waals surface area (Å²) < 4.78 is 0. The van der Waals surface area contributed by atoms with Gasteiger partial charge in [0.25, 0.3) is 0 Å². The summed E-state index contributed by atoms with van der Waals surface area (Å²) in [4.78, 5) is 7.13. The number of nitrogens with zero attached hydrogens (tertiary/aromatic N) is 1. The molecule has 1 rings (SSSR count). The molecule has 1 aromatic rings. The molecule has 62 valence electrons. The maximum Gasteiger partial charge on any atom is 0.124 e. The van der Waals surface area contributed by atoms with Gasteiger partial charge in [0.2, 0.25) is 0 Å². The molecule has 1 atom stereocenters. The second kappa shape index (κ2) is 3.50. The van der Waals surface area contributed by atoms with E-state index in [1.54, 1.807) is 12.4 Å². The smallest absolute Gasteiger partial charge is 0.124 e. The molecule has 1 aromatic heterocycles. The van der Waals surface area contributed by atoms with Crippen molar-refractivity contribution in [3.05, 3.63) is 18.2 Å². The van der Waals surface area contributed by atoms with Crippen molar-refractivity contribution in [1.29, 1.82) is 0 Å². The Kier molecular flexibility index (Phi) is 2.62. The fourth-order valence-electron chi connectivity index (χ4n) is 1.03. The molecule has 0 aliphatic rings. The average molecular weight is 154 g/mol. The minimum Gasteiger partial charge on any atom is -0.347 e. The number of nitrogens with two attached hydrogens (primary N) is 1. The van der Waals surface area contributed by atoms with E-state index in [9.17, 15) is 0 Å². The zero-order valence-electron chi connectivity index (χ0n) is 6.83. The maximum atomic E-state index is 5.35. The summed E-state index contributed by atoms with van der Waals surface area (Å²) in [6, 6.07) is 0.116. The Hall–Kier alpha value is -0.870. The van der Waals surface area contributed by atoms with Gasteiger partial charge in [-0.25, -0.2) is 10.4 Å². The first-order chi connectivity index (χ1) is 5.25. The molecule has 0 saturated carbocycles. The summed E-state index contributed by atoms with van der Waals surface area (Å²) in [5, 5.41) is 0. The molecular formula is C7H14N4. The van der Waals surface area contributed by atoms with Gasteiger partial charge < -0.3 is 4.98 Å². The first-order valence-electron chi connectivity index (χ1n) is 3.71. The number of hydrogen-bond acceptors (Lipinski definition) is 3. The number of aromatic nitrogens is 2. The number of H-pyrrole nitrogens is 1. The third-order valence-electron chi connectivity index (χ3n) is 1.66. The largest absolute Gasteiger partial charge is 0.347 e. The third-order valence-corrected chi connectivity index (χ3v) is 1.66. The van der Waals surface area contributed by atoms with Crippen molar-refractivity contribution < 1.29 is 0 Å². The molecular weight excluding hydrogens is 140 g/mol. The number of rotatable bonds is 3. The molecule has 0 saturated heterocycles. The van der Waals surface area contributed by atoms with E-state index in [0.29, 0.717) is 5.92 Å². The quantitative estimate of drug-likeness (QED) is 0.440. The van der Waals surface area contributed by atoms with Crippen LogP contribution in [0.4, 0.5) is 0 Å². The van der Waals surface area contributed by atoms with Crippen LogP contribution < -0.4 is 11.3 Å². The molecule has 0 fully saturated rings. The number of hydrogen-bond donors (Lipinski definition) is 3. The van der Waals surface area contributed by atoms with Crippen LogP contribution in [0.15, 0.2) is 12.4 Å². The van der Waals surface area contributed by atoms with E-state index in [4.69, 9.17) is 5.84 Å². The number of nitrogens with one attached hydrogen (secondary N) is 2. The topological polar surface area (TPSA) is 66.7 Å². The van der Waals surface area contributed by atoms with Crippen LogP contribution in [0.1, 0.15) is 25.7 Å². The molecule has 0 radical (unpaired) electrons. The van der Waals surface area contributed by atoms with Crippen LogP contribution in [0.5, 0.6) is 0 Å². The highest BCUT2D eigenvalue weighted by Crippen LogP contribution is 2.15. The highest BCUT2D eigenvalue weighted by atomic mass is 15.2. The number of hydrazine groups is 1. The van der Waals surface area contributed by atoms with Crippen LogP contribution in [0, 0.1) is 5.92 Å². The fraction of sp³-hybridized carbons (Fsp3) is 0.571. The van der Waals surface area contributed by atoms with Crippen molar-refractivity contribution in [2.75, 3.05) is 0 Å². The van der Waals surface area contributed by atoms with Crippen LogP contribution in [-0.2, 0) is 0 Å². The Labute approximate surface area is 66.2 Å². The Morgan fingerprint density at radius 2 is 2.36 bits per heavy atom. The van der Waals surface area contributed by atoms with E-state index in [1.165, 1.54) is 0 Å². The second-order valence-corrected chi connectivity index (χ2v) is 2.86. The Balaban J connectivity index is 2.71. The van der Waals surface area contributed by atoms with E-state index in [2.05, 4.69) is 29.2 Å². The Morgan fingerprint density at radius 3 is 2.73 bits per heavy atom. The van der Waals surface area contributed by atoms with Crippen LogP contribution >= 0.6 is 0 Å². The lowest BCUT2D eigenvalue weighted by Gasteiger charge is -2.16. The van der Waals surface area contributed by atoms with E-state index in [-0.39, 0.29) is 6.04 Å². The first kappa shape index (κ1) is 8.23. The van der Waals surface area contributed by atoms with Gasteiger partial charge in [0.1, 0.15) is 5.82 Å². The minimum atomic E-state index is 0.116. The number of aromatic amines is 1. The Bertz CT molecular complexity index is 192. The van der Waals surface area contributed by atoms with Crippen molar-refractivity contribution in [1.82, 2.24) is 15.4 Å². The van der Waals surface area contributed by atoms with Gasteiger partial charge in [0.15, 0.2) is 0 Å². The first-order valence-corrected chi connectivity index (χ1v) is 3.71. The minimum absolute atomic E-state index is 0.116.